The van der Waals surface area contributed by atoms with Crippen LogP contribution in [-0.4, -0.2) is 78.6 Å². The van der Waals surface area contributed by atoms with Crippen molar-refractivity contribution in [3.05, 3.63) is 0 Å². The fourth-order valence-corrected chi connectivity index (χ4v) is 3.74. The van der Waals surface area contributed by atoms with Crippen LogP contribution in [0.1, 0.15) is 19.3 Å². The van der Waals surface area contributed by atoms with E-state index in [9.17, 15) is 62.2 Å². The molecule has 3 atom stereocenters. The third kappa shape index (κ3) is 9.69. The fraction of sp³-hybridized carbons (Fsp3) is 1.00. The molecule has 2 nitrogen and oxygen atoms in total. The third-order valence-corrected chi connectivity index (χ3v) is 5.56. The van der Waals surface area contributed by atoms with E-state index < -0.39 is 73.3 Å². The van der Waals surface area contributed by atoms with Crippen LogP contribution in [0.25, 0.3) is 0 Å². The number of likely N-dealkylation sites (N-methyl/N-ethyl adjacent to an activating group) is 1. The molecule has 0 saturated heterocycles. The molecule has 194 valence electrons. The lowest BCUT2D eigenvalue weighted by Gasteiger charge is -2.35. The van der Waals surface area contributed by atoms with Gasteiger partial charge in [0.2, 0.25) is 0 Å². The zero-order chi connectivity index (χ0) is 25.8. The van der Waals surface area contributed by atoms with Crippen LogP contribution in [0.3, 0.4) is 0 Å². The summed E-state index contributed by atoms with van der Waals surface area (Å²) >= 11 is 0.712. The second-order valence-corrected chi connectivity index (χ2v) is 8.64. The van der Waals surface area contributed by atoms with E-state index in [1.807, 2.05) is 0 Å². The highest BCUT2D eigenvalue weighted by atomic mass is 32.2. The maximum absolute atomic E-state index is 13.8. The molecule has 0 bridgehead atoms. The molecule has 0 spiro atoms. The van der Waals surface area contributed by atoms with E-state index in [1.54, 1.807) is 19.0 Å². The van der Waals surface area contributed by atoms with Gasteiger partial charge in [0.25, 0.3) is 5.67 Å². The van der Waals surface area contributed by atoms with E-state index >= 15 is 0 Å². The molecular weight excluding hydrogens is 501 g/mol. The average molecular weight is 523 g/mol. The molecule has 3 unspecified atom stereocenters. The molecular formula is C16H22F13NOS. The molecule has 1 N–H and O–H groups in total. The molecule has 0 aliphatic rings. The number of hydrogen-bond acceptors (Lipinski definition) is 3. The number of alkyl halides is 13. The van der Waals surface area contributed by atoms with Crippen molar-refractivity contribution in [2.75, 3.05) is 32.1 Å². The maximum Gasteiger partial charge on any atom is 0.431 e. The Kier molecular flexibility index (Phi) is 11.0. The quantitative estimate of drug-likeness (QED) is 0.266. The summed E-state index contributed by atoms with van der Waals surface area (Å²) in [5, 5.41) is 9.59. The van der Waals surface area contributed by atoms with Crippen LogP contribution in [0.2, 0.25) is 0 Å². The number of thioether (sulfide) groups is 1. The van der Waals surface area contributed by atoms with Gasteiger partial charge in [0.05, 0.1) is 17.9 Å². The zero-order valence-corrected chi connectivity index (χ0v) is 17.5. The van der Waals surface area contributed by atoms with Crippen LogP contribution in [0.4, 0.5) is 57.1 Å². The summed E-state index contributed by atoms with van der Waals surface area (Å²) in [6.45, 7) is 0.124. The molecule has 0 fully saturated rings. The van der Waals surface area contributed by atoms with E-state index in [1.165, 1.54) is 0 Å². The molecule has 0 heterocycles. The first-order valence-electron chi connectivity index (χ1n) is 8.88. The van der Waals surface area contributed by atoms with Crippen LogP contribution >= 0.6 is 11.8 Å². The Bertz CT molecular complexity index is 542. The molecule has 0 rings (SSSR count). The smallest absolute Gasteiger partial charge is 0.391 e. The van der Waals surface area contributed by atoms with Gasteiger partial charge in [-0.3, -0.25) is 0 Å². The summed E-state index contributed by atoms with van der Waals surface area (Å²) in [4.78, 5) is 1.54. The number of aliphatic hydroxyl groups excluding tert-OH is 1. The highest BCUT2D eigenvalue weighted by molar-refractivity contribution is 7.99. The minimum Gasteiger partial charge on any atom is -0.391 e. The Morgan fingerprint density at radius 1 is 0.750 bits per heavy atom. The minimum absolute atomic E-state index is 0.110. The zero-order valence-electron chi connectivity index (χ0n) is 16.7. The predicted molar refractivity (Wildman–Crippen MR) is 90.8 cm³/mol. The first kappa shape index (κ1) is 31.4. The van der Waals surface area contributed by atoms with E-state index in [0.717, 1.165) is 0 Å². The summed E-state index contributed by atoms with van der Waals surface area (Å²) in [6, 6.07) is 0. The second-order valence-electron chi connectivity index (χ2n) is 7.49. The molecule has 0 saturated carbocycles. The molecule has 0 aromatic carbocycles. The SMILES string of the molecule is CN(C)CC(O)CSCCC(CC(CC(F)(C(F)(F)F)C(F)(F)F)C(F)(F)F)C(F)(F)F. The van der Waals surface area contributed by atoms with Crippen molar-refractivity contribution in [2.24, 2.45) is 11.8 Å². The average Bonchev–Trinajstić information content (AvgIpc) is 2.51. The highest BCUT2D eigenvalue weighted by Crippen LogP contribution is 2.53. The summed E-state index contributed by atoms with van der Waals surface area (Å²) in [5.74, 6) is -7.38. The molecule has 0 amide bonds. The van der Waals surface area contributed by atoms with Crippen LogP contribution < -0.4 is 0 Å². The Morgan fingerprint density at radius 3 is 1.53 bits per heavy atom. The lowest BCUT2D eigenvalue weighted by atomic mass is 9.83. The topological polar surface area (TPSA) is 23.5 Å². The largest absolute Gasteiger partial charge is 0.431 e. The van der Waals surface area contributed by atoms with Gasteiger partial charge in [0.1, 0.15) is 0 Å². The van der Waals surface area contributed by atoms with Crippen LogP contribution in [0.15, 0.2) is 0 Å². The Labute approximate surface area is 179 Å². The number of rotatable bonds is 11. The van der Waals surface area contributed by atoms with Gasteiger partial charge in [-0.1, -0.05) is 0 Å². The van der Waals surface area contributed by atoms with Gasteiger partial charge in [-0.05, 0) is 32.7 Å². The molecule has 0 aromatic rings. The number of nitrogens with zero attached hydrogens (tertiary/aromatic N) is 1. The van der Waals surface area contributed by atoms with Gasteiger partial charge in [-0.25, -0.2) is 4.39 Å². The number of halogens is 13. The summed E-state index contributed by atoms with van der Waals surface area (Å²) in [5.41, 5.74) is -6.33. The van der Waals surface area contributed by atoms with Gasteiger partial charge in [0, 0.05) is 18.7 Å². The molecule has 16 heteroatoms. The summed E-state index contributed by atoms with van der Waals surface area (Å²) < 4.78 is 168. The summed E-state index contributed by atoms with van der Waals surface area (Å²) in [6.07, 6.45) is -32.5. The second kappa shape index (κ2) is 11.2. The fourth-order valence-electron chi connectivity index (χ4n) is 2.74. The minimum atomic E-state index is -6.82. The molecule has 32 heavy (non-hydrogen) atoms. The number of aliphatic hydroxyl groups is 1. The van der Waals surface area contributed by atoms with E-state index in [4.69, 9.17) is 0 Å². The summed E-state index contributed by atoms with van der Waals surface area (Å²) in [7, 11) is 3.16. The monoisotopic (exact) mass is 523 g/mol. The first-order chi connectivity index (χ1) is 14.0. The Hall–Kier alpha value is -0.640. The highest BCUT2D eigenvalue weighted by Gasteiger charge is 2.74. The van der Waals surface area contributed by atoms with Crippen LogP contribution in [0.5, 0.6) is 0 Å². The lowest BCUT2D eigenvalue weighted by Crippen LogP contribution is -2.55. The lowest BCUT2D eigenvalue weighted by molar-refractivity contribution is -0.353. The molecule has 0 aliphatic heterocycles. The van der Waals surface area contributed by atoms with E-state index in [2.05, 4.69) is 0 Å². The molecule has 0 aromatic heterocycles. The van der Waals surface area contributed by atoms with Crippen molar-refractivity contribution in [2.45, 2.75) is 55.7 Å². The first-order valence-corrected chi connectivity index (χ1v) is 10.0. The normalized spacial score (nSPS) is 17.5. The van der Waals surface area contributed by atoms with E-state index in [0.29, 0.717) is 11.8 Å². The van der Waals surface area contributed by atoms with Gasteiger partial charge >= 0.3 is 24.7 Å². The molecule has 0 radical (unpaired) electrons. The van der Waals surface area contributed by atoms with E-state index in [-0.39, 0.29) is 12.3 Å². The van der Waals surface area contributed by atoms with Crippen LogP contribution in [-0.2, 0) is 0 Å². The van der Waals surface area contributed by atoms with Crippen LogP contribution in [0, 0.1) is 11.8 Å². The standard InChI is InChI=1S/C16H22F13NOS/c1-30(2)7-11(31)8-32-4-3-9(13(18,19)20)5-10(14(21,22)23)6-12(17,15(24,25)26)16(27,28)29/h9-11,31H,3-8H2,1-2H3. The van der Waals surface area contributed by atoms with Crippen molar-refractivity contribution in [3.63, 3.8) is 0 Å². The van der Waals surface area contributed by atoms with Gasteiger partial charge < -0.3 is 10.0 Å². The van der Waals surface area contributed by atoms with Crippen molar-refractivity contribution < 1.29 is 62.2 Å². The van der Waals surface area contributed by atoms with Crippen molar-refractivity contribution >= 4 is 11.8 Å². The van der Waals surface area contributed by atoms with Gasteiger partial charge in [-0.2, -0.15) is 64.4 Å². The Balaban J connectivity index is 5.52. The van der Waals surface area contributed by atoms with Crippen molar-refractivity contribution in [1.82, 2.24) is 4.90 Å². The van der Waals surface area contributed by atoms with Crippen molar-refractivity contribution in [1.29, 1.82) is 0 Å². The third-order valence-electron chi connectivity index (χ3n) is 4.42. The van der Waals surface area contributed by atoms with Gasteiger partial charge in [0.15, 0.2) is 0 Å². The Morgan fingerprint density at radius 2 is 1.19 bits per heavy atom. The molecule has 0 aliphatic carbocycles. The predicted octanol–water partition coefficient (Wildman–Crippen LogP) is 6.00. The maximum atomic E-state index is 13.8. The number of hydrogen-bond donors (Lipinski definition) is 1. The van der Waals surface area contributed by atoms with Crippen molar-refractivity contribution in [3.8, 4) is 0 Å². The van der Waals surface area contributed by atoms with Gasteiger partial charge in [-0.15, -0.1) is 0 Å².